The topological polar surface area (TPSA) is 34.5 Å². The number of hydrogen-bond donors (Lipinski definition) is 0. The Morgan fingerprint density at radius 1 is 0.962 bits per heavy atom. The number of benzene rings is 2. The second-order valence-electron chi connectivity index (χ2n) is 7.13. The van der Waals surface area contributed by atoms with E-state index in [0.717, 1.165) is 46.4 Å². The number of anilines is 1. The molecule has 134 valence electrons. The summed E-state index contributed by atoms with van der Waals surface area (Å²) in [6.45, 7) is 7.18. The molecule has 4 nitrogen and oxygen atoms in total. The Morgan fingerprint density at radius 2 is 1.65 bits per heavy atom. The molecule has 0 saturated carbocycles. The number of nitrogens with zero attached hydrogens (tertiary/aromatic N) is 2. The van der Waals surface area contributed by atoms with Gasteiger partial charge in [-0.25, -0.2) is 0 Å². The van der Waals surface area contributed by atoms with Gasteiger partial charge in [0.15, 0.2) is 5.43 Å². The van der Waals surface area contributed by atoms with Crippen molar-refractivity contribution in [1.29, 1.82) is 0 Å². The zero-order chi connectivity index (χ0) is 18.3. The SMILES string of the molecule is Cc1ccc(-c2cn(C)c3cc(C)cc(N4CCOCC4)c3c2=O)cc1. The van der Waals surface area contributed by atoms with Gasteiger partial charge in [0.2, 0.25) is 0 Å². The Hall–Kier alpha value is -2.59. The third-order valence-electron chi connectivity index (χ3n) is 5.13. The van der Waals surface area contributed by atoms with Crippen LogP contribution < -0.4 is 10.3 Å². The van der Waals surface area contributed by atoms with Crippen molar-refractivity contribution in [2.75, 3.05) is 31.2 Å². The summed E-state index contributed by atoms with van der Waals surface area (Å²) in [6.07, 6.45) is 1.96. The molecule has 0 amide bonds. The fraction of sp³-hybridized carbons (Fsp3) is 0.318. The van der Waals surface area contributed by atoms with E-state index in [1.54, 1.807) is 0 Å². The molecule has 3 aromatic rings. The van der Waals surface area contributed by atoms with Crippen LogP contribution in [0.15, 0.2) is 47.4 Å². The monoisotopic (exact) mass is 348 g/mol. The molecule has 0 radical (unpaired) electrons. The van der Waals surface area contributed by atoms with Crippen LogP contribution in [0, 0.1) is 13.8 Å². The minimum atomic E-state index is 0.100. The van der Waals surface area contributed by atoms with Crippen molar-refractivity contribution in [2.24, 2.45) is 7.05 Å². The first-order chi connectivity index (χ1) is 12.5. The Labute approximate surface area is 153 Å². The summed E-state index contributed by atoms with van der Waals surface area (Å²) in [5, 5.41) is 0.804. The van der Waals surface area contributed by atoms with Crippen LogP contribution in [-0.4, -0.2) is 30.9 Å². The van der Waals surface area contributed by atoms with Crippen molar-refractivity contribution in [3.8, 4) is 11.1 Å². The molecule has 0 aliphatic carbocycles. The number of morpholine rings is 1. The zero-order valence-corrected chi connectivity index (χ0v) is 15.6. The number of aromatic nitrogens is 1. The van der Waals surface area contributed by atoms with Crippen LogP contribution >= 0.6 is 0 Å². The lowest BCUT2D eigenvalue weighted by Crippen LogP contribution is -2.37. The van der Waals surface area contributed by atoms with Crippen molar-refractivity contribution >= 4 is 16.6 Å². The minimum absolute atomic E-state index is 0.100. The molecule has 0 N–H and O–H groups in total. The van der Waals surface area contributed by atoms with Gasteiger partial charge in [-0.1, -0.05) is 29.8 Å². The van der Waals surface area contributed by atoms with E-state index in [1.807, 2.05) is 25.4 Å². The van der Waals surface area contributed by atoms with Gasteiger partial charge >= 0.3 is 0 Å². The van der Waals surface area contributed by atoms with Gasteiger partial charge in [0.25, 0.3) is 0 Å². The van der Waals surface area contributed by atoms with Crippen LogP contribution in [0.1, 0.15) is 11.1 Å². The van der Waals surface area contributed by atoms with E-state index in [1.165, 1.54) is 5.56 Å². The normalized spacial score (nSPS) is 14.8. The summed E-state index contributed by atoms with van der Waals surface area (Å²) in [4.78, 5) is 15.7. The van der Waals surface area contributed by atoms with Gasteiger partial charge in [-0.05, 0) is 37.1 Å². The van der Waals surface area contributed by atoms with Crippen molar-refractivity contribution in [1.82, 2.24) is 4.57 Å². The third-order valence-corrected chi connectivity index (χ3v) is 5.13. The summed E-state index contributed by atoms with van der Waals surface area (Å²) in [5.41, 5.74) is 6.17. The number of aryl methyl sites for hydroxylation is 3. The molecule has 1 aliphatic rings. The molecule has 4 rings (SSSR count). The number of rotatable bonds is 2. The highest BCUT2D eigenvalue weighted by Gasteiger charge is 2.19. The van der Waals surface area contributed by atoms with Crippen LogP contribution in [0.25, 0.3) is 22.0 Å². The van der Waals surface area contributed by atoms with Gasteiger partial charge in [0.1, 0.15) is 0 Å². The average Bonchev–Trinajstić information content (AvgIpc) is 2.65. The van der Waals surface area contributed by atoms with Crippen molar-refractivity contribution in [3.05, 3.63) is 63.9 Å². The third kappa shape index (κ3) is 2.90. The van der Waals surface area contributed by atoms with Gasteiger partial charge < -0.3 is 14.2 Å². The van der Waals surface area contributed by atoms with E-state index in [-0.39, 0.29) is 5.43 Å². The molecule has 0 unspecified atom stereocenters. The van der Waals surface area contributed by atoms with Crippen LogP contribution in [0.2, 0.25) is 0 Å². The highest BCUT2D eigenvalue weighted by molar-refractivity contribution is 5.95. The number of fused-ring (bicyclic) bond motifs is 1. The van der Waals surface area contributed by atoms with Crippen LogP contribution in [0.5, 0.6) is 0 Å². The first-order valence-electron chi connectivity index (χ1n) is 9.08. The van der Waals surface area contributed by atoms with Crippen LogP contribution in [-0.2, 0) is 11.8 Å². The van der Waals surface area contributed by atoms with Crippen LogP contribution in [0.3, 0.4) is 0 Å². The molecular formula is C22H24N2O2. The second-order valence-corrected chi connectivity index (χ2v) is 7.13. The number of pyridine rings is 1. The molecule has 4 heteroatoms. The number of ether oxygens (including phenoxy) is 1. The maximum Gasteiger partial charge on any atom is 0.199 e. The van der Waals surface area contributed by atoms with Crippen molar-refractivity contribution in [2.45, 2.75) is 13.8 Å². The molecule has 1 aliphatic heterocycles. The van der Waals surface area contributed by atoms with Gasteiger partial charge in [0, 0.05) is 31.9 Å². The molecule has 26 heavy (non-hydrogen) atoms. The smallest absolute Gasteiger partial charge is 0.199 e. The molecule has 1 fully saturated rings. The molecule has 2 aromatic carbocycles. The highest BCUT2D eigenvalue weighted by Crippen LogP contribution is 2.29. The van der Waals surface area contributed by atoms with Gasteiger partial charge in [-0.2, -0.15) is 0 Å². The fourth-order valence-electron chi connectivity index (χ4n) is 3.71. The standard InChI is InChI=1S/C22H24N2O2/c1-15-4-6-17(7-5-15)18-14-23(3)19-12-16(2)13-20(21(19)22(18)25)24-8-10-26-11-9-24/h4-7,12-14H,8-11H2,1-3H3. The summed E-state index contributed by atoms with van der Waals surface area (Å²) in [5.74, 6) is 0. The predicted molar refractivity (Wildman–Crippen MR) is 107 cm³/mol. The summed E-state index contributed by atoms with van der Waals surface area (Å²) in [7, 11) is 2.02. The quantitative estimate of drug-likeness (QED) is 0.709. The van der Waals surface area contributed by atoms with Gasteiger partial charge in [0.05, 0.1) is 29.8 Å². The van der Waals surface area contributed by atoms with Gasteiger partial charge in [-0.15, -0.1) is 0 Å². The molecular weight excluding hydrogens is 324 g/mol. The predicted octanol–water partition coefficient (Wildman–Crippen LogP) is 3.66. The molecule has 0 bridgehead atoms. The van der Waals surface area contributed by atoms with Crippen molar-refractivity contribution < 1.29 is 4.74 Å². The minimum Gasteiger partial charge on any atom is -0.378 e. The van der Waals surface area contributed by atoms with Crippen LogP contribution in [0.4, 0.5) is 5.69 Å². The largest absolute Gasteiger partial charge is 0.378 e. The average molecular weight is 348 g/mol. The molecule has 0 spiro atoms. The van der Waals surface area contributed by atoms with E-state index in [4.69, 9.17) is 4.74 Å². The first-order valence-corrected chi connectivity index (χ1v) is 9.08. The van der Waals surface area contributed by atoms with E-state index >= 15 is 0 Å². The zero-order valence-electron chi connectivity index (χ0n) is 15.6. The van der Waals surface area contributed by atoms with E-state index in [2.05, 4.69) is 47.6 Å². The van der Waals surface area contributed by atoms with Gasteiger partial charge in [-0.3, -0.25) is 4.79 Å². The molecule has 1 aromatic heterocycles. The maximum absolute atomic E-state index is 13.5. The molecule has 0 atom stereocenters. The van der Waals surface area contributed by atoms with E-state index < -0.39 is 0 Å². The molecule has 1 saturated heterocycles. The summed E-state index contributed by atoms with van der Waals surface area (Å²) >= 11 is 0. The lowest BCUT2D eigenvalue weighted by atomic mass is 10.0. The number of hydrogen-bond acceptors (Lipinski definition) is 3. The van der Waals surface area contributed by atoms with E-state index in [0.29, 0.717) is 13.2 Å². The second kappa shape index (κ2) is 6.61. The summed E-state index contributed by atoms with van der Waals surface area (Å²) in [6, 6.07) is 12.4. The Balaban J connectivity index is 2.00. The highest BCUT2D eigenvalue weighted by atomic mass is 16.5. The van der Waals surface area contributed by atoms with Crippen molar-refractivity contribution in [3.63, 3.8) is 0 Å². The lowest BCUT2D eigenvalue weighted by molar-refractivity contribution is 0.123. The Morgan fingerprint density at radius 3 is 2.35 bits per heavy atom. The lowest BCUT2D eigenvalue weighted by Gasteiger charge is -2.30. The summed E-state index contributed by atoms with van der Waals surface area (Å²) < 4.78 is 7.57. The maximum atomic E-state index is 13.5. The molecule has 2 heterocycles. The van der Waals surface area contributed by atoms with E-state index in [9.17, 15) is 4.79 Å². The fourth-order valence-corrected chi connectivity index (χ4v) is 3.71. The Bertz CT molecular complexity index is 1010. The Kier molecular flexibility index (Phi) is 4.29. The first kappa shape index (κ1) is 16.9.